The number of cyclic esters (lactones) is 2. The number of carbonyl (C=O) groups is 2. The monoisotopic (exact) mass is 262 g/mol. The van der Waals surface area contributed by atoms with E-state index in [9.17, 15) is 9.59 Å². The van der Waals surface area contributed by atoms with Crippen molar-refractivity contribution in [2.24, 2.45) is 5.92 Å². The van der Waals surface area contributed by atoms with Gasteiger partial charge in [-0.25, -0.2) is 9.59 Å². The molecule has 3 nitrogen and oxygen atoms in total. The van der Waals surface area contributed by atoms with Gasteiger partial charge in [-0.1, -0.05) is 30.5 Å². The van der Waals surface area contributed by atoms with E-state index in [1.54, 1.807) is 18.2 Å². The molecule has 84 valence electrons. The Labute approximate surface area is 108 Å². The molecule has 0 N–H and O–H groups in total. The summed E-state index contributed by atoms with van der Waals surface area (Å²) in [5.74, 6) is -1.48. The summed E-state index contributed by atoms with van der Waals surface area (Å²) in [4.78, 5) is 24.6. The van der Waals surface area contributed by atoms with Gasteiger partial charge in [0.05, 0.1) is 17.1 Å². The number of hydrogen-bond acceptors (Lipinski definition) is 5. The molecule has 0 saturated heterocycles. The van der Waals surface area contributed by atoms with Gasteiger partial charge >= 0.3 is 11.9 Å². The van der Waals surface area contributed by atoms with Gasteiger partial charge in [0.2, 0.25) is 0 Å². The minimum absolute atomic E-state index is 0.267. The van der Waals surface area contributed by atoms with Crippen LogP contribution in [-0.4, -0.2) is 21.7 Å². The second-order valence-corrected chi connectivity index (χ2v) is 4.96. The fourth-order valence-electron chi connectivity index (χ4n) is 2.27. The number of hydrogen-bond donors (Lipinski definition) is 0. The summed E-state index contributed by atoms with van der Waals surface area (Å²) in [6.07, 6.45) is 5.52. The minimum atomic E-state index is -0.615. The lowest BCUT2D eigenvalue weighted by Gasteiger charge is -2.32. The molecule has 17 heavy (non-hydrogen) atoms. The molecule has 0 radical (unpaired) electrons. The summed E-state index contributed by atoms with van der Waals surface area (Å²) >= 11 is 10.5. The molecule has 0 aromatic rings. The summed E-state index contributed by atoms with van der Waals surface area (Å²) in [5, 5.41) is 0. The zero-order valence-corrected chi connectivity index (χ0v) is 10.2. The topological polar surface area (TPSA) is 43.4 Å². The maximum Gasteiger partial charge on any atom is 0.346 e. The highest BCUT2D eigenvalue weighted by molar-refractivity contribution is 7.82. The Morgan fingerprint density at radius 1 is 1.18 bits per heavy atom. The Bertz CT molecular complexity index is 593. The quantitative estimate of drug-likeness (QED) is 0.377. The number of allylic oxidation sites excluding steroid dienone is 2. The molecule has 0 aromatic heterocycles. The minimum Gasteiger partial charge on any atom is -0.386 e. The third kappa shape index (κ3) is 1.39. The molecular weight excluding hydrogens is 256 g/mol. The highest BCUT2D eigenvalue weighted by Gasteiger charge is 2.41. The van der Waals surface area contributed by atoms with Gasteiger partial charge in [0.15, 0.2) is 0 Å². The average molecular weight is 262 g/mol. The van der Waals surface area contributed by atoms with Crippen LogP contribution in [0.25, 0.3) is 0 Å². The maximum atomic E-state index is 11.6. The normalized spacial score (nSPS) is 26.8. The van der Waals surface area contributed by atoms with Crippen molar-refractivity contribution in [1.82, 2.24) is 0 Å². The van der Waals surface area contributed by atoms with Crippen LogP contribution in [0.15, 0.2) is 34.9 Å². The Hall–Kier alpha value is -1.46. The van der Waals surface area contributed by atoms with Gasteiger partial charge in [-0.2, -0.15) is 0 Å². The number of carbonyl (C=O) groups excluding carboxylic acids is 2. The second kappa shape index (κ2) is 3.51. The van der Waals surface area contributed by atoms with Gasteiger partial charge in [0.25, 0.3) is 0 Å². The first-order valence-corrected chi connectivity index (χ1v) is 5.87. The number of thiocarbonyl (C=S) groups is 2. The van der Waals surface area contributed by atoms with E-state index in [1.807, 2.05) is 0 Å². The lowest BCUT2D eigenvalue weighted by molar-refractivity contribution is -0.154. The van der Waals surface area contributed by atoms with Crippen molar-refractivity contribution >= 4 is 46.1 Å². The fraction of sp³-hybridized carbons (Fsp3) is 0.167. The summed E-state index contributed by atoms with van der Waals surface area (Å²) < 4.78 is 4.67. The van der Waals surface area contributed by atoms with E-state index in [-0.39, 0.29) is 5.92 Å². The maximum absolute atomic E-state index is 11.6. The first kappa shape index (κ1) is 10.7. The van der Waals surface area contributed by atoms with Crippen molar-refractivity contribution in [2.45, 2.75) is 6.42 Å². The van der Waals surface area contributed by atoms with E-state index in [2.05, 4.69) is 4.74 Å². The summed E-state index contributed by atoms with van der Waals surface area (Å²) in [6.45, 7) is 0. The van der Waals surface area contributed by atoms with E-state index in [1.165, 1.54) is 0 Å². The molecule has 1 aliphatic heterocycles. The molecule has 0 aromatic carbocycles. The van der Waals surface area contributed by atoms with Crippen molar-refractivity contribution in [3.63, 3.8) is 0 Å². The van der Waals surface area contributed by atoms with Crippen molar-refractivity contribution in [3.8, 4) is 0 Å². The first-order chi connectivity index (χ1) is 8.09. The smallest absolute Gasteiger partial charge is 0.346 e. The van der Waals surface area contributed by atoms with Gasteiger partial charge in [-0.3, -0.25) is 0 Å². The number of esters is 2. The van der Waals surface area contributed by atoms with Crippen LogP contribution >= 0.6 is 24.4 Å². The van der Waals surface area contributed by atoms with E-state index in [4.69, 9.17) is 24.4 Å². The molecule has 5 heteroatoms. The molecule has 3 rings (SSSR count). The largest absolute Gasteiger partial charge is 0.386 e. The predicted octanol–water partition coefficient (Wildman–Crippen LogP) is 1.62. The summed E-state index contributed by atoms with van der Waals surface area (Å²) in [7, 11) is 0. The van der Waals surface area contributed by atoms with Crippen LogP contribution in [0.2, 0.25) is 0 Å². The Balaban J connectivity index is 2.31. The van der Waals surface area contributed by atoms with E-state index < -0.39 is 11.9 Å². The number of ether oxygens (including phenoxy) is 1. The molecule has 0 bridgehead atoms. The van der Waals surface area contributed by atoms with Crippen LogP contribution in [0.3, 0.4) is 0 Å². The van der Waals surface area contributed by atoms with Gasteiger partial charge in [-0.15, -0.1) is 0 Å². The van der Waals surface area contributed by atoms with Crippen LogP contribution < -0.4 is 0 Å². The first-order valence-electron chi connectivity index (χ1n) is 5.05. The van der Waals surface area contributed by atoms with Crippen LogP contribution in [0.1, 0.15) is 6.42 Å². The third-order valence-electron chi connectivity index (χ3n) is 3.02. The van der Waals surface area contributed by atoms with Crippen molar-refractivity contribution in [3.05, 3.63) is 34.9 Å². The lowest BCUT2D eigenvalue weighted by atomic mass is 9.75. The second-order valence-electron chi connectivity index (χ2n) is 3.96. The molecular formula is C12H6O3S2. The molecule has 1 atom stereocenters. The van der Waals surface area contributed by atoms with Crippen molar-refractivity contribution in [2.75, 3.05) is 0 Å². The van der Waals surface area contributed by atoms with Crippen LogP contribution in [0.5, 0.6) is 0 Å². The highest BCUT2D eigenvalue weighted by Crippen LogP contribution is 2.39. The Morgan fingerprint density at radius 2 is 1.94 bits per heavy atom. The zero-order valence-electron chi connectivity index (χ0n) is 8.56. The molecule has 2 aliphatic carbocycles. The SMILES string of the molecule is O=C1OC(=O)C2=C3C1=CCC(=S)[C@H]3C(=S)C=C2. The average Bonchev–Trinajstić information content (AvgIpc) is 2.28. The van der Waals surface area contributed by atoms with Gasteiger partial charge in [-0.05, 0) is 24.1 Å². The Kier molecular flexibility index (Phi) is 2.21. The fourth-order valence-corrected chi connectivity index (χ4v) is 3.00. The predicted molar refractivity (Wildman–Crippen MR) is 68.7 cm³/mol. The number of rotatable bonds is 0. The van der Waals surface area contributed by atoms with Gasteiger partial charge in [0.1, 0.15) is 0 Å². The standard InChI is InChI=1S/C12H6O3S2/c13-11-5-1-3-7(16)10-8(17)4-2-6(9(5)10)12(14)15-11/h1-3,10H,4H2/t10-/m1/s1. The van der Waals surface area contributed by atoms with E-state index in [0.717, 1.165) is 4.86 Å². The zero-order chi connectivity index (χ0) is 12.2. The highest BCUT2D eigenvalue weighted by atomic mass is 32.1. The third-order valence-corrected chi connectivity index (χ3v) is 3.80. The van der Waals surface area contributed by atoms with E-state index >= 15 is 0 Å². The summed E-state index contributed by atoms with van der Waals surface area (Å²) in [6, 6.07) is 0. The lowest BCUT2D eigenvalue weighted by Crippen LogP contribution is -2.37. The van der Waals surface area contributed by atoms with Gasteiger partial charge < -0.3 is 4.74 Å². The Morgan fingerprint density at radius 3 is 2.71 bits per heavy atom. The van der Waals surface area contributed by atoms with E-state index in [0.29, 0.717) is 28.0 Å². The molecule has 0 amide bonds. The molecule has 0 spiro atoms. The molecule has 1 heterocycles. The molecule has 0 saturated carbocycles. The molecule has 0 unspecified atom stereocenters. The van der Waals surface area contributed by atoms with Crippen molar-refractivity contribution in [1.29, 1.82) is 0 Å². The molecule has 0 fully saturated rings. The van der Waals surface area contributed by atoms with Crippen LogP contribution in [-0.2, 0) is 14.3 Å². The van der Waals surface area contributed by atoms with Crippen LogP contribution in [0, 0.1) is 5.92 Å². The molecule has 3 aliphatic rings. The summed E-state index contributed by atoms with van der Waals surface area (Å²) in [5.41, 5.74) is 1.47. The van der Waals surface area contributed by atoms with Crippen LogP contribution in [0.4, 0.5) is 0 Å². The van der Waals surface area contributed by atoms with Gasteiger partial charge in [0, 0.05) is 9.73 Å². The van der Waals surface area contributed by atoms with Crippen molar-refractivity contribution < 1.29 is 14.3 Å².